The van der Waals surface area contributed by atoms with Gasteiger partial charge in [-0.15, -0.1) is 0 Å². The van der Waals surface area contributed by atoms with Crippen LogP contribution in [0.4, 0.5) is 5.69 Å². The van der Waals surface area contributed by atoms with Crippen LogP contribution in [-0.2, 0) is 0 Å². The quantitative estimate of drug-likeness (QED) is 0.822. The Morgan fingerprint density at radius 1 is 0.960 bits per heavy atom. The third-order valence-corrected chi connectivity index (χ3v) is 4.85. The van der Waals surface area contributed by atoms with Crippen molar-refractivity contribution in [2.45, 2.75) is 12.5 Å². The lowest BCUT2D eigenvalue weighted by Crippen LogP contribution is -2.47. The van der Waals surface area contributed by atoms with Gasteiger partial charge in [-0.3, -0.25) is 4.90 Å². The molecule has 1 aliphatic rings. The molecule has 1 atom stereocenters. The highest BCUT2D eigenvalue weighted by Gasteiger charge is 2.19. The Hall–Kier alpha value is -1.75. The Labute approximate surface area is 154 Å². The fourth-order valence-corrected chi connectivity index (χ4v) is 3.30. The van der Waals surface area contributed by atoms with Gasteiger partial charge in [0, 0.05) is 32.7 Å². The van der Waals surface area contributed by atoms with Crippen LogP contribution in [0.15, 0.2) is 54.6 Å². The Morgan fingerprint density at radius 3 is 2.36 bits per heavy atom. The van der Waals surface area contributed by atoms with E-state index in [0.29, 0.717) is 6.61 Å². The summed E-state index contributed by atoms with van der Waals surface area (Å²) in [6, 6.07) is 17.6. The number of ether oxygens (including phenoxy) is 1. The molecule has 5 heteroatoms. The van der Waals surface area contributed by atoms with Crippen molar-refractivity contribution in [1.29, 1.82) is 0 Å². The van der Waals surface area contributed by atoms with Crippen LogP contribution in [-0.4, -0.2) is 55.4 Å². The second-order valence-corrected chi connectivity index (χ2v) is 6.75. The first kappa shape index (κ1) is 18.1. The molecular weight excluding hydrogens is 336 g/mol. The first-order chi connectivity index (χ1) is 12.2. The molecule has 1 fully saturated rings. The third kappa shape index (κ3) is 5.36. The van der Waals surface area contributed by atoms with Crippen LogP contribution < -0.4 is 9.64 Å². The first-order valence-electron chi connectivity index (χ1n) is 8.80. The van der Waals surface area contributed by atoms with Crippen molar-refractivity contribution in [1.82, 2.24) is 4.90 Å². The molecule has 1 N–H and O–H groups in total. The number of halogens is 1. The number of para-hydroxylation sites is 2. The van der Waals surface area contributed by atoms with E-state index in [1.807, 2.05) is 48.5 Å². The molecule has 0 amide bonds. The highest BCUT2D eigenvalue weighted by molar-refractivity contribution is 6.33. The molecule has 4 nitrogen and oxygen atoms in total. The monoisotopic (exact) mass is 360 g/mol. The molecule has 0 radical (unpaired) electrons. The Morgan fingerprint density at radius 2 is 1.64 bits per heavy atom. The number of piperazine rings is 1. The van der Waals surface area contributed by atoms with Gasteiger partial charge in [0.1, 0.15) is 12.4 Å². The van der Waals surface area contributed by atoms with Crippen molar-refractivity contribution < 1.29 is 9.84 Å². The number of aliphatic hydroxyl groups is 1. The van der Waals surface area contributed by atoms with E-state index in [2.05, 4.69) is 15.9 Å². The summed E-state index contributed by atoms with van der Waals surface area (Å²) in [5, 5.41) is 10.9. The fourth-order valence-electron chi connectivity index (χ4n) is 3.04. The summed E-state index contributed by atoms with van der Waals surface area (Å²) in [5.74, 6) is 0.801. The molecule has 134 valence electrons. The normalized spacial score (nSPS) is 16.6. The van der Waals surface area contributed by atoms with E-state index in [1.54, 1.807) is 0 Å². The third-order valence-electron chi connectivity index (χ3n) is 4.53. The average Bonchev–Trinajstić information content (AvgIpc) is 2.66. The van der Waals surface area contributed by atoms with Crippen LogP contribution >= 0.6 is 11.6 Å². The number of rotatable bonds is 7. The lowest BCUT2D eigenvalue weighted by Gasteiger charge is -2.36. The fraction of sp³-hybridized carbons (Fsp3) is 0.400. The van der Waals surface area contributed by atoms with Crippen molar-refractivity contribution in [3.8, 4) is 5.75 Å². The van der Waals surface area contributed by atoms with Crippen molar-refractivity contribution in [3.63, 3.8) is 0 Å². The maximum atomic E-state index is 10.1. The molecule has 0 aromatic heterocycles. The van der Waals surface area contributed by atoms with Gasteiger partial charge in [-0.2, -0.15) is 0 Å². The highest BCUT2D eigenvalue weighted by Crippen LogP contribution is 2.26. The van der Waals surface area contributed by atoms with Gasteiger partial charge >= 0.3 is 0 Å². The molecule has 0 saturated carbocycles. The summed E-state index contributed by atoms with van der Waals surface area (Å²) in [6.45, 7) is 5.11. The van der Waals surface area contributed by atoms with Crippen LogP contribution in [0.3, 0.4) is 0 Å². The summed E-state index contributed by atoms with van der Waals surface area (Å²) in [7, 11) is 0. The van der Waals surface area contributed by atoms with Gasteiger partial charge < -0.3 is 14.7 Å². The maximum Gasteiger partial charge on any atom is 0.119 e. The van der Waals surface area contributed by atoms with E-state index in [1.165, 1.54) is 0 Å². The van der Waals surface area contributed by atoms with Crippen LogP contribution in [0.5, 0.6) is 5.75 Å². The van der Waals surface area contributed by atoms with Crippen molar-refractivity contribution in [2.24, 2.45) is 0 Å². The van der Waals surface area contributed by atoms with Crippen LogP contribution in [0.2, 0.25) is 5.02 Å². The van der Waals surface area contributed by atoms with E-state index in [4.69, 9.17) is 16.3 Å². The molecular formula is C20H25ClN2O2. The molecule has 1 heterocycles. The minimum absolute atomic E-state index is 0.337. The Kier molecular flexibility index (Phi) is 6.56. The van der Waals surface area contributed by atoms with Gasteiger partial charge in [0.25, 0.3) is 0 Å². The summed E-state index contributed by atoms with van der Waals surface area (Å²) in [6.07, 6.45) is 0.278. The van der Waals surface area contributed by atoms with Gasteiger partial charge in [0.2, 0.25) is 0 Å². The average molecular weight is 361 g/mol. The van der Waals surface area contributed by atoms with Crippen LogP contribution in [0.1, 0.15) is 6.42 Å². The molecule has 0 aliphatic carbocycles. The number of hydrogen-bond donors (Lipinski definition) is 1. The standard InChI is InChI=1S/C20H25ClN2O2/c21-19-8-4-5-9-20(19)23-14-12-22(13-15-23)11-10-17(24)16-25-18-6-2-1-3-7-18/h1-9,17,24H,10-16H2. The zero-order valence-electron chi connectivity index (χ0n) is 14.4. The molecule has 1 aliphatic heterocycles. The number of aliphatic hydroxyl groups excluding tert-OH is 1. The van der Waals surface area contributed by atoms with Crippen molar-refractivity contribution in [3.05, 3.63) is 59.6 Å². The molecule has 3 rings (SSSR count). The van der Waals surface area contributed by atoms with E-state index in [0.717, 1.165) is 55.6 Å². The zero-order valence-corrected chi connectivity index (χ0v) is 15.1. The van der Waals surface area contributed by atoms with Gasteiger partial charge in [-0.1, -0.05) is 41.9 Å². The second kappa shape index (κ2) is 9.09. The predicted octanol–water partition coefficient (Wildman–Crippen LogP) is 3.29. The minimum Gasteiger partial charge on any atom is -0.491 e. The van der Waals surface area contributed by atoms with Gasteiger partial charge in [0.05, 0.1) is 16.8 Å². The van der Waals surface area contributed by atoms with Gasteiger partial charge in [-0.25, -0.2) is 0 Å². The number of hydrogen-bond acceptors (Lipinski definition) is 4. The van der Waals surface area contributed by atoms with Gasteiger partial charge in [-0.05, 0) is 30.7 Å². The molecule has 2 aromatic carbocycles. The molecule has 0 spiro atoms. The molecule has 1 saturated heterocycles. The Bertz CT molecular complexity index is 645. The summed E-state index contributed by atoms with van der Waals surface area (Å²) in [4.78, 5) is 4.72. The van der Waals surface area contributed by atoms with Crippen molar-refractivity contribution in [2.75, 3.05) is 44.2 Å². The topological polar surface area (TPSA) is 35.9 Å². The molecule has 0 bridgehead atoms. The first-order valence-corrected chi connectivity index (χ1v) is 9.18. The predicted molar refractivity (Wildman–Crippen MR) is 103 cm³/mol. The zero-order chi connectivity index (χ0) is 17.5. The molecule has 1 unspecified atom stereocenters. The van der Waals surface area contributed by atoms with Gasteiger partial charge in [0.15, 0.2) is 0 Å². The lowest BCUT2D eigenvalue weighted by molar-refractivity contribution is 0.0866. The maximum absolute atomic E-state index is 10.1. The molecule has 25 heavy (non-hydrogen) atoms. The SMILES string of the molecule is OC(CCN1CCN(c2ccccc2Cl)CC1)COc1ccccc1. The highest BCUT2D eigenvalue weighted by atomic mass is 35.5. The van der Waals surface area contributed by atoms with Crippen LogP contribution in [0.25, 0.3) is 0 Å². The Balaban J connectivity index is 1.37. The van der Waals surface area contributed by atoms with E-state index >= 15 is 0 Å². The van der Waals surface area contributed by atoms with E-state index in [9.17, 15) is 5.11 Å². The summed E-state index contributed by atoms with van der Waals surface area (Å²) >= 11 is 6.28. The smallest absolute Gasteiger partial charge is 0.119 e. The van der Waals surface area contributed by atoms with E-state index in [-0.39, 0.29) is 0 Å². The minimum atomic E-state index is -0.443. The number of nitrogens with zero attached hydrogens (tertiary/aromatic N) is 2. The molecule has 2 aromatic rings. The number of benzene rings is 2. The van der Waals surface area contributed by atoms with Crippen molar-refractivity contribution >= 4 is 17.3 Å². The summed E-state index contributed by atoms with van der Waals surface area (Å²) in [5.41, 5.74) is 1.11. The van der Waals surface area contributed by atoms with Crippen LogP contribution in [0, 0.1) is 0 Å². The second-order valence-electron chi connectivity index (χ2n) is 6.35. The summed E-state index contributed by atoms with van der Waals surface area (Å²) < 4.78 is 5.60. The largest absolute Gasteiger partial charge is 0.491 e. The lowest BCUT2D eigenvalue weighted by atomic mass is 10.2. The number of anilines is 1. The van der Waals surface area contributed by atoms with E-state index < -0.39 is 6.10 Å².